The number of nitrogens with zero attached hydrogens (tertiary/aromatic N) is 2. The van der Waals surface area contributed by atoms with Crippen LogP contribution in [0.4, 0.5) is 5.13 Å². The summed E-state index contributed by atoms with van der Waals surface area (Å²) in [6, 6.07) is 19.2. The summed E-state index contributed by atoms with van der Waals surface area (Å²) in [5.41, 5.74) is 4.57. The van der Waals surface area contributed by atoms with Crippen LogP contribution < -0.4 is 19.6 Å². The number of aromatic nitrogens is 1. The van der Waals surface area contributed by atoms with E-state index < -0.39 is 17.9 Å². The second-order valence-corrected chi connectivity index (χ2v) is 10.1. The third-order valence-electron chi connectivity index (χ3n) is 5.87. The molecule has 0 radical (unpaired) electrons. The minimum atomic E-state index is -0.579. The molecule has 0 atom stereocenters. The van der Waals surface area contributed by atoms with Crippen molar-refractivity contribution in [3.8, 4) is 17.2 Å². The fourth-order valence-electron chi connectivity index (χ4n) is 3.69. The summed E-state index contributed by atoms with van der Waals surface area (Å²) < 4.78 is 28.0. The molecular formula is C33H31N3O8S. The van der Waals surface area contributed by atoms with E-state index in [1.54, 1.807) is 42.5 Å². The number of thiazole rings is 1. The largest absolute Gasteiger partial charge is 0.493 e. The number of hydrogen-bond donors (Lipinski definition) is 1. The van der Waals surface area contributed by atoms with Gasteiger partial charge >= 0.3 is 17.9 Å². The molecule has 0 saturated carbocycles. The predicted octanol–water partition coefficient (Wildman–Crippen LogP) is 5.96. The molecule has 0 aliphatic carbocycles. The van der Waals surface area contributed by atoms with Crippen LogP contribution in [0.25, 0.3) is 10.2 Å². The summed E-state index contributed by atoms with van der Waals surface area (Å²) in [5, 5.41) is 4.91. The van der Waals surface area contributed by atoms with Crippen LogP contribution in [0, 0.1) is 0 Å². The first-order valence-electron chi connectivity index (χ1n) is 13.9. The van der Waals surface area contributed by atoms with Crippen molar-refractivity contribution in [1.82, 2.24) is 4.98 Å². The number of rotatable bonds is 17. The normalized spacial score (nSPS) is 10.7. The Morgan fingerprint density at radius 2 is 1.47 bits per heavy atom. The molecule has 0 aliphatic heterocycles. The van der Waals surface area contributed by atoms with E-state index in [0.29, 0.717) is 53.8 Å². The molecule has 1 aromatic heterocycles. The number of fused-ring (bicyclic) bond motifs is 1. The summed E-state index contributed by atoms with van der Waals surface area (Å²) >= 11 is 1.46. The minimum Gasteiger partial charge on any atom is -0.493 e. The zero-order valence-electron chi connectivity index (χ0n) is 24.3. The van der Waals surface area contributed by atoms with E-state index in [1.807, 2.05) is 24.3 Å². The molecule has 0 unspecified atom stereocenters. The number of carbonyl (C=O) groups is 3. The zero-order chi connectivity index (χ0) is 31.9. The maximum absolute atomic E-state index is 13.0. The Morgan fingerprint density at radius 3 is 2.13 bits per heavy atom. The first kappa shape index (κ1) is 32.4. The lowest BCUT2D eigenvalue weighted by molar-refractivity contribution is -0.138. The van der Waals surface area contributed by atoms with Crippen LogP contribution in [0.1, 0.15) is 28.8 Å². The summed E-state index contributed by atoms with van der Waals surface area (Å²) in [7, 11) is 0. The SMILES string of the molecule is C=CC(=O)OCCCOc1ccc(C(=O)Oc2ccc(OCCCOC(=O)C=C)cc2/C=N/Nc2nc3ccccc3s2)cc1. The Kier molecular flexibility index (Phi) is 12.2. The standard InChI is InChI=1S/C33H31N3O8S/c1-3-30(37)42-19-7-17-40-25-13-11-23(12-14-25)32(39)44-28-16-15-26(41-18-8-20-43-31(38)4-2)21-24(28)22-34-36-33-35-27-9-5-6-10-29(27)45-33/h3-6,9-16,21-22H,1-2,7-8,17-20H2,(H,35,36)/b34-22+. The second kappa shape index (κ2) is 17.0. The molecule has 3 aromatic carbocycles. The Hall–Kier alpha value is -5.49. The van der Waals surface area contributed by atoms with Crippen molar-refractivity contribution in [1.29, 1.82) is 0 Å². The smallest absolute Gasteiger partial charge is 0.343 e. The lowest BCUT2D eigenvalue weighted by Gasteiger charge is -2.11. The fourth-order valence-corrected chi connectivity index (χ4v) is 4.51. The van der Waals surface area contributed by atoms with Crippen molar-refractivity contribution in [2.45, 2.75) is 12.8 Å². The fraction of sp³-hybridized carbons (Fsp3) is 0.182. The van der Waals surface area contributed by atoms with Crippen molar-refractivity contribution in [3.05, 3.63) is 103 Å². The molecular weight excluding hydrogens is 598 g/mol. The van der Waals surface area contributed by atoms with Gasteiger partial charge in [-0.2, -0.15) is 5.10 Å². The maximum Gasteiger partial charge on any atom is 0.343 e. The molecule has 12 heteroatoms. The Morgan fingerprint density at radius 1 is 0.822 bits per heavy atom. The van der Waals surface area contributed by atoms with Gasteiger partial charge in [-0.15, -0.1) is 0 Å². The van der Waals surface area contributed by atoms with Crippen molar-refractivity contribution >= 4 is 50.8 Å². The van der Waals surface area contributed by atoms with E-state index in [9.17, 15) is 14.4 Å². The zero-order valence-corrected chi connectivity index (χ0v) is 25.1. The lowest BCUT2D eigenvalue weighted by atomic mass is 10.2. The summed E-state index contributed by atoms with van der Waals surface area (Å²) in [6.45, 7) is 7.73. The third kappa shape index (κ3) is 10.3. The van der Waals surface area contributed by atoms with Crippen LogP contribution in [0.5, 0.6) is 17.2 Å². The first-order chi connectivity index (χ1) is 21.9. The van der Waals surface area contributed by atoms with Gasteiger partial charge in [-0.1, -0.05) is 36.6 Å². The van der Waals surface area contributed by atoms with Crippen LogP contribution in [0.15, 0.2) is 97.1 Å². The monoisotopic (exact) mass is 629 g/mol. The quantitative estimate of drug-likeness (QED) is 0.0372. The first-order valence-corrected chi connectivity index (χ1v) is 14.7. The number of hydrogen-bond acceptors (Lipinski definition) is 12. The van der Waals surface area contributed by atoms with Gasteiger partial charge in [0.1, 0.15) is 17.2 Å². The molecule has 4 rings (SSSR count). The molecule has 0 amide bonds. The van der Waals surface area contributed by atoms with Gasteiger partial charge < -0.3 is 23.7 Å². The minimum absolute atomic E-state index is 0.190. The highest BCUT2D eigenvalue weighted by atomic mass is 32.1. The molecule has 1 N–H and O–H groups in total. The Bertz CT molecular complexity index is 1630. The number of esters is 3. The summed E-state index contributed by atoms with van der Waals surface area (Å²) in [6.07, 6.45) is 4.69. The van der Waals surface area contributed by atoms with Crippen LogP contribution >= 0.6 is 11.3 Å². The third-order valence-corrected chi connectivity index (χ3v) is 6.81. The van der Waals surface area contributed by atoms with E-state index in [4.69, 9.17) is 23.7 Å². The van der Waals surface area contributed by atoms with Crippen molar-refractivity contribution < 1.29 is 38.1 Å². The highest BCUT2D eigenvalue weighted by Gasteiger charge is 2.13. The van der Waals surface area contributed by atoms with Gasteiger partial charge in [-0.3, -0.25) is 5.43 Å². The molecule has 0 aliphatic rings. The number of hydrazone groups is 1. The van der Waals surface area contributed by atoms with Gasteiger partial charge in [0.15, 0.2) is 0 Å². The number of anilines is 1. The molecule has 0 spiro atoms. The van der Waals surface area contributed by atoms with Crippen LogP contribution in [0.3, 0.4) is 0 Å². The van der Waals surface area contributed by atoms with Gasteiger partial charge in [0.2, 0.25) is 5.13 Å². The van der Waals surface area contributed by atoms with E-state index in [0.717, 1.165) is 22.4 Å². The average molecular weight is 630 g/mol. The van der Waals surface area contributed by atoms with Gasteiger partial charge in [-0.25, -0.2) is 19.4 Å². The molecule has 11 nitrogen and oxygen atoms in total. The number of nitrogens with one attached hydrogen (secondary N) is 1. The number of benzene rings is 3. The van der Waals surface area contributed by atoms with Gasteiger partial charge in [0, 0.05) is 30.6 Å². The van der Waals surface area contributed by atoms with E-state index in [-0.39, 0.29) is 19.0 Å². The number of ether oxygens (including phenoxy) is 5. The van der Waals surface area contributed by atoms with Crippen molar-refractivity contribution in [2.75, 3.05) is 31.9 Å². The molecule has 1 heterocycles. The summed E-state index contributed by atoms with van der Waals surface area (Å²) in [4.78, 5) is 39.8. The maximum atomic E-state index is 13.0. The number of carbonyl (C=O) groups excluding carboxylic acids is 3. The predicted molar refractivity (Wildman–Crippen MR) is 171 cm³/mol. The van der Waals surface area contributed by atoms with Crippen molar-refractivity contribution in [3.63, 3.8) is 0 Å². The van der Waals surface area contributed by atoms with E-state index >= 15 is 0 Å². The summed E-state index contributed by atoms with van der Waals surface area (Å²) in [5.74, 6) is -0.238. The lowest BCUT2D eigenvalue weighted by Crippen LogP contribution is -2.11. The second-order valence-electron chi connectivity index (χ2n) is 9.12. The molecule has 232 valence electrons. The van der Waals surface area contributed by atoms with Crippen LogP contribution in [-0.4, -0.2) is 55.5 Å². The molecule has 4 aromatic rings. The molecule has 45 heavy (non-hydrogen) atoms. The van der Waals surface area contributed by atoms with E-state index in [2.05, 4.69) is 28.7 Å². The molecule has 0 bridgehead atoms. The average Bonchev–Trinajstić information content (AvgIpc) is 3.48. The van der Waals surface area contributed by atoms with Gasteiger partial charge in [-0.05, 0) is 54.6 Å². The molecule has 0 fully saturated rings. The highest BCUT2D eigenvalue weighted by molar-refractivity contribution is 7.22. The van der Waals surface area contributed by atoms with Gasteiger partial charge in [0.25, 0.3) is 0 Å². The topological polar surface area (TPSA) is 135 Å². The Labute approximate surface area is 263 Å². The van der Waals surface area contributed by atoms with E-state index in [1.165, 1.54) is 17.6 Å². The molecule has 0 saturated heterocycles. The highest BCUT2D eigenvalue weighted by Crippen LogP contribution is 2.27. The number of para-hydroxylation sites is 1. The van der Waals surface area contributed by atoms with Crippen LogP contribution in [0.2, 0.25) is 0 Å². The van der Waals surface area contributed by atoms with Crippen LogP contribution in [-0.2, 0) is 19.1 Å². The van der Waals surface area contributed by atoms with Crippen molar-refractivity contribution in [2.24, 2.45) is 5.10 Å². The Balaban J connectivity index is 1.39. The van der Waals surface area contributed by atoms with Gasteiger partial charge in [0.05, 0.1) is 48.4 Å².